The summed E-state index contributed by atoms with van der Waals surface area (Å²) in [5.41, 5.74) is -1.77. The lowest BCUT2D eigenvalue weighted by atomic mass is 10.0. The van der Waals surface area contributed by atoms with E-state index in [9.17, 15) is 33.6 Å². The highest BCUT2D eigenvalue weighted by atomic mass is 16.6. The van der Waals surface area contributed by atoms with Crippen LogP contribution in [0, 0.1) is 0 Å². The van der Waals surface area contributed by atoms with Gasteiger partial charge in [0.25, 0.3) is 0 Å². The molecule has 0 unspecified atom stereocenters. The molecule has 0 aromatic rings. The molecule has 0 fully saturated rings. The quantitative estimate of drug-likeness (QED) is 0.0262. The lowest BCUT2D eigenvalue weighted by Gasteiger charge is -2.33. The molecular formula is C60H102N2O13. The van der Waals surface area contributed by atoms with E-state index >= 15 is 0 Å². The highest BCUT2D eigenvalue weighted by Gasteiger charge is 2.38. The van der Waals surface area contributed by atoms with E-state index in [0.717, 1.165) is 128 Å². The molecule has 15 nitrogen and oxygen atoms in total. The Hall–Kier alpha value is -4.79. The number of ether oxygens (including phenoxy) is 6. The van der Waals surface area contributed by atoms with Gasteiger partial charge in [-0.05, 0) is 104 Å². The van der Waals surface area contributed by atoms with Crippen molar-refractivity contribution in [2.24, 2.45) is 0 Å². The Kier molecular flexibility index (Phi) is 48.0. The summed E-state index contributed by atoms with van der Waals surface area (Å²) in [6, 6.07) is 0. The second-order valence-corrected chi connectivity index (χ2v) is 19.9. The lowest BCUT2D eigenvalue weighted by Crippen LogP contribution is -2.59. The maximum absolute atomic E-state index is 13.4. The van der Waals surface area contributed by atoms with Crippen LogP contribution in [0.15, 0.2) is 49.6 Å². The van der Waals surface area contributed by atoms with Crippen molar-refractivity contribution in [3.05, 3.63) is 49.6 Å². The third kappa shape index (κ3) is 48.6. The highest BCUT2D eigenvalue weighted by Crippen LogP contribution is 2.16. The van der Waals surface area contributed by atoms with E-state index in [1.54, 1.807) is 0 Å². The zero-order valence-electron chi connectivity index (χ0n) is 47.1. The first kappa shape index (κ1) is 70.2. The van der Waals surface area contributed by atoms with Gasteiger partial charge in [-0.3, -0.25) is 33.6 Å². The van der Waals surface area contributed by atoms with E-state index in [2.05, 4.69) is 49.7 Å². The van der Waals surface area contributed by atoms with Crippen molar-refractivity contribution in [2.45, 2.75) is 231 Å². The van der Waals surface area contributed by atoms with Gasteiger partial charge in [-0.1, -0.05) is 133 Å². The molecule has 0 aromatic carbocycles. The molecule has 430 valence electrons. The van der Waals surface area contributed by atoms with E-state index < -0.39 is 67.1 Å². The van der Waals surface area contributed by atoms with Gasteiger partial charge in [-0.25, -0.2) is 0 Å². The van der Waals surface area contributed by atoms with Crippen LogP contribution in [-0.2, 0) is 62.0 Å². The summed E-state index contributed by atoms with van der Waals surface area (Å²) >= 11 is 0. The minimum absolute atomic E-state index is 0.0408. The molecule has 15 heteroatoms. The van der Waals surface area contributed by atoms with E-state index in [4.69, 9.17) is 28.4 Å². The van der Waals surface area contributed by atoms with Gasteiger partial charge in [0.1, 0.15) is 25.4 Å². The Morgan fingerprint density at radius 2 is 0.720 bits per heavy atom. The minimum atomic E-state index is -1.77. The number of nitrogens with one attached hydrogen (secondary N) is 1. The Morgan fingerprint density at radius 1 is 0.400 bits per heavy atom. The molecule has 0 spiro atoms. The maximum atomic E-state index is 13.4. The normalized spacial score (nSPS) is 11.4. The average molecular weight is 1060 g/mol. The predicted molar refractivity (Wildman–Crippen MR) is 297 cm³/mol. The summed E-state index contributed by atoms with van der Waals surface area (Å²) in [4.78, 5) is 92.1. The zero-order valence-corrected chi connectivity index (χ0v) is 47.1. The fourth-order valence-corrected chi connectivity index (χ4v) is 7.69. The van der Waals surface area contributed by atoms with Crippen LogP contribution < -0.4 is 5.32 Å². The van der Waals surface area contributed by atoms with Crippen molar-refractivity contribution in [1.82, 2.24) is 10.2 Å². The van der Waals surface area contributed by atoms with Crippen molar-refractivity contribution in [1.29, 1.82) is 0 Å². The standard InChI is InChI=1S/C60H102N2O13/c1-6-9-12-15-18-21-22-23-24-25-26-27-28-31-34-37-49-72-56(66)42-45-59(69)75-52-60(61-53(63)39-38-46-62(4)5,50-73-57(67)43-40-54(64)70-47-35-32-29-19-16-13-10-7-2)51-74-58(68)44-41-55(65)71-48-36-33-30-20-17-14-11-8-3/h7-8,18,21,23-24H,2-3,6,9-17,19-20,22,25-52H2,1,4-5H3,(H,61,63)/b21-18-,24-23-. The first-order chi connectivity index (χ1) is 36.4. The van der Waals surface area contributed by atoms with Gasteiger partial charge < -0.3 is 38.6 Å². The minimum Gasteiger partial charge on any atom is -0.466 e. The summed E-state index contributed by atoms with van der Waals surface area (Å²) in [6.07, 6.45) is 38.7. The summed E-state index contributed by atoms with van der Waals surface area (Å²) in [6.45, 7) is 9.22. The molecule has 0 saturated carbocycles. The molecule has 0 rings (SSSR count). The molecule has 0 aliphatic rings. The molecule has 0 saturated heterocycles. The number of esters is 6. The summed E-state index contributed by atoms with van der Waals surface area (Å²) < 4.78 is 32.7. The van der Waals surface area contributed by atoms with Gasteiger partial charge in [0.05, 0.1) is 58.3 Å². The first-order valence-corrected chi connectivity index (χ1v) is 28.8. The van der Waals surface area contributed by atoms with Crippen LogP contribution in [0.3, 0.4) is 0 Å². The smallest absolute Gasteiger partial charge is 0.306 e. The number of hydrogen-bond acceptors (Lipinski definition) is 14. The van der Waals surface area contributed by atoms with E-state index in [0.29, 0.717) is 32.2 Å². The number of unbranched alkanes of at least 4 members (excludes halogenated alkanes) is 21. The molecule has 0 aromatic heterocycles. The molecule has 1 N–H and O–H groups in total. The Labute approximate surface area is 453 Å². The molecule has 1 amide bonds. The molecule has 75 heavy (non-hydrogen) atoms. The summed E-state index contributed by atoms with van der Waals surface area (Å²) in [5, 5.41) is 2.78. The van der Waals surface area contributed by atoms with Crippen LogP contribution in [0.25, 0.3) is 0 Å². The molecule has 0 radical (unpaired) electrons. The second-order valence-electron chi connectivity index (χ2n) is 19.9. The lowest BCUT2D eigenvalue weighted by molar-refractivity contribution is -0.162. The number of carbonyl (C=O) groups excluding carboxylic acids is 7. The monoisotopic (exact) mass is 1060 g/mol. The van der Waals surface area contributed by atoms with Crippen molar-refractivity contribution in [3.63, 3.8) is 0 Å². The summed E-state index contributed by atoms with van der Waals surface area (Å²) in [5.74, 6) is -4.56. The van der Waals surface area contributed by atoms with Crippen LogP contribution >= 0.6 is 0 Å². The molecule has 0 atom stereocenters. The molecule has 0 aliphatic carbocycles. The third-order valence-electron chi connectivity index (χ3n) is 12.3. The number of amides is 1. The third-order valence-corrected chi connectivity index (χ3v) is 12.3. The van der Waals surface area contributed by atoms with Gasteiger partial charge in [0.2, 0.25) is 5.91 Å². The number of carbonyl (C=O) groups is 7. The SMILES string of the molecule is C=CCCCCCCCCOC(=O)CCC(=O)OCC(COC(=O)CCC(=O)OCCCCCCCCC=C)(COC(=O)CCC(=O)OCCCCCCCC/C=C\C/C=C\CCCCC)NC(=O)CCCN(C)C. The van der Waals surface area contributed by atoms with E-state index in [-0.39, 0.29) is 64.8 Å². The highest BCUT2D eigenvalue weighted by molar-refractivity contribution is 5.80. The van der Waals surface area contributed by atoms with Crippen molar-refractivity contribution < 1.29 is 62.0 Å². The maximum Gasteiger partial charge on any atom is 0.306 e. The van der Waals surface area contributed by atoms with Gasteiger partial charge in [-0.15, -0.1) is 13.2 Å². The fraction of sp³-hybridized carbons (Fsp3) is 0.750. The molecule has 0 heterocycles. The fourth-order valence-electron chi connectivity index (χ4n) is 7.69. The van der Waals surface area contributed by atoms with Gasteiger partial charge in [0, 0.05) is 6.42 Å². The molecular weight excluding hydrogens is 957 g/mol. The zero-order chi connectivity index (χ0) is 55.3. The van der Waals surface area contributed by atoms with Crippen molar-refractivity contribution in [2.75, 3.05) is 60.3 Å². The van der Waals surface area contributed by atoms with E-state index in [1.807, 2.05) is 31.1 Å². The largest absolute Gasteiger partial charge is 0.466 e. The van der Waals surface area contributed by atoms with E-state index in [1.165, 1.54) is 19.3 Å². The Morgan fingerprint density at radius 3 is 1.07 bits per heavy atom. The van der Waals surface area contributed by atoms with Crippen LogP contribution in [-0.4, -0.2) is 112 Å². The number of nitrogens with zero attached hydrogens (tertiary/aromatic N) is 1. The van der Waals surface area contributed by atoms with Crippen LogP contribution in [0.5, 0.6) is 0 Å². The van der Waals surface area contributed by atoms with Crippen LogP contribution in [0.4, 0.5) is 0 Å². The van der Waals surface area contributed by atoms with Crippen molar-refractivity contribution in [3.8, 4) is 0 Å². The molecule has 0 bridgehead atoms. The van der Waals surface area contributed by atoms with Crippen LogP contribution in [0.1, 0.15) is 225 Å². The predicted octanol–water partition coefficient (Wildman–Crippen LogP) is 12.4. The Bertz CT molecular complexity index is 1540. The second kappa shape index (κ2) is 51.3. The molecule has 0 aliphatic heterocycles. The van der Waals surface area contributed by atoms with Gasteiger partial charge in [-0.2, -0.15) is 0 Å². The summed E-state index contributed by atoms with van der Waals surface area (Å²) in [7, 11) is 3.73. The average Bonchev–Trinajstić information content (AvgIpc) is 3.39. The first-order valence-electron chi connectivity index (χ1n) is 28.8. The van der Waals surface area contributed by atoms with Gasteiger partial charge >= 0.3 is 35.8 Å². The van der Waals surface area contributed by atoms with Crippen molar-refractivity contribution >= 4 is 41.7 Å². The number of rotatable bonds is 53. The topological polar surface area (TPSA) is 190 Å². The number of hydrogen-bond donors (Lipinski definition) is 1. The Balaban J connectivity index is 5.39. The number of allylic oxidation sites excluding steroid dienone is 6. The van der Waals surface area contributed by atoms with Crippen LogP contribution in [0.2, 0.25) is 0 Å². The van der Waals surface area contributed by atoms with Gasteiger partial charge in [0.15, 0.2) is 0 Å².